The molecule has 5 heteroatoms. The molecule has 148 valence electrons. The number of piperidine rings is 1. The van der Waals surface area contributed by atoms with Crippen molar-refractivity contribution in [1.29, 1.82) is 0 Å². The summed E-state index contributed by atoms with van der Waals surface area (Å²) in [5.41, 5.74) is 0. The smallest absolute Gasteiger partial charge is 0.242 e. The van der Waals surface area contributed by atoms with E-state index in [1.165, 1.54) is 51.6 Å². The highest BCUT2D eigenvalue weighted by atomic mass is 32.2. The molecule has 1 fully saturated rings. The van der Waals surface area contributed by atoms with E-state index in [4.69, 9.17) is 0 Å². The van der Waals surface area contributed by atoms with Gasteiger partial charge in [-0.15, -0.1) is 0 Å². The molecule has 2 rings (SSSR count). The Hall–Kier alpha value is -0.910. The Morgan fingerprint density at radius 1 is 1.04 bits per heavy atom. The van der Waals surface area contributed by atoms with E-state index in [1.807, 2.05) is 6.07 Å². The zero-order valence-electron chi connectivity index (χ0n) is 16.6. The number of benzene rings is 1. The van der Waals surface area contributed by atoms with Gasteiger partial charge in [0.05, 0.1) is 4.90 Å². The lowest BCUT2D eigenvalue weighted by Gasteiger charge is -2.29. The second-order valence-electron chi connectivity index (χ2n) is 7.65. The predicted molar refractivity (Wildman–Crippen MR) is 109 cm³/mol. The molecule has 1 aromatic rings. The van der Waals surface area contributed by atoms with Crippen molar-refractivity contribution in [3.05, 3.63) is 30.3 Å². The van der Waals surface area contributed by atoms with Crippen LogP contribution in [0.25, 0.3) is 0 Å². The molecule has 0 bridgehead atoms. The Balaban J connectivity index is 1.94. The van der Waals surface area contributed by atoms with Gasteiger partial charge in [-0.25, -0.2) is 12.7 Å². The molecule has 1 saturated heterocycles. The third kappa shape index (κ3) is 6.67. The molecular formula is C21H36N2O2S. The van der Waals surface area contributed by atoms with Crippen LogP contribution in [0.5, 0.6) is 0 Å². The summed E-state index contributed by atoms with van der Waals surface area (Å²) in [6.45, 7) is 6.36. The van der Waals surface area contributed by atoms with Gasteiger partial charge in [0, 0.05) is 13.6 Å². The molecule has 1 unspecified atom stereocenters. The van der Waals surface area contributed by atoms with Crippen LogP contribution in [-0.4, -0.2) is 50.8 Å². The molecule has 1 aliphatic heterocycles. The average Bonchev–Trinajstić information content (AvgIpc) is 2.67. The summed E-state index contributed by atoms with van der Waals surface area (Å²) < 4.78 is 27.2. The summed E-state index contributed by atoms with van der Waals surface area (Å²) in [7, 11) is -1.66. The molecular weight excluding hydrogens is 344 g/mol. The number of sulfonamides is 1. The van der Waals surface area contributed by atoms with Gasteiger partial charge >= 0.3 is 0 Å². The molecule has 1 aromatic carbocycles. The van der Waals surface area contributed by atoms with Crippen molar-refractivity contribution >= 4 is 10.0 Å². The van der Waals surface area contributed by atoms with Gasteiger partial charge in [0.25, 0.3) is 0 Å². The normalized spacial score (nSPS) is 17.5. The van der Waals surface area contributed by atoms with Crippen LogP contribution in [0.1, 0.15) is 58.3 Å². The zero-order valence-corrected chi connectivity index (χ0v) is 17.4. The maximum absolute atomic E-state index is 12.8. The van der Waals surface area contributed by atoms with Crippen LogP contribution in [0.15, 0.2) is 35.2 Å². The summed E-state index contributed by atoms with van der Waals surface area (Å²) in [4.78, 5) is 2.95. The van der Waals surface area contributed by atoms with Gasteiger partial charge in [0.15, 0.2) is 0 Å². The second kappa shape index (κ2) is 11.1. The molecule has 26 heavy (non-hydrogen) atoms. The van der Waals surface area contributed by atoms with Gasteiger partial charge in [0.1, 0.15) is 0 Å². The van der Waals surface area contributed by atoms with Crippen molar-refractivity contribution < 1.29 is 8.42 Å². The molecule has 0 N–H and O–H groups in total. The molecule has 4 nitrogen and oxygen atoms in total. The highest BCUT2D eigenvalue weighted by molar-refractivity contribution is 7.89. The van der Waals surface area contributed by atoms with Crippen LogP contribution in [0, 0.1) is 5.92 Å². The van der Waals surface area contributed by atoms with E-state index in [2.05, 4.69) is 11.8 Å². The van der Waals surface area contributed by atoms with Crippen LogP contribution in [0.2, 0.25) is 0 Å². The SMILES string of the molecule is CCCCCC(CCN1CCCCC1)CN(C)S(=O)(=O)c1ccccc1. The fourth-order valence-corrected chi connectivity index (χ4v) is 5.06. The van der Waals surface area contributed by atoms with E-state index >= 15 is 0 Å². The summed E-state index contributed by atoms with van der Waals surface area (Å²) in [6, 6.07) is 8.80. The van der Waals surface area contributed by atoms with E-state index in [0.29, 0.717) is 17.4 Å². The average molecular weight is 381 g/mol. The fraction of sp³-hybridized carbons (Fsp3) is 0.714. The van der Waals surface area contributed by atoms with E-state index in [9.17, 15) is 8.42 Å². The Kier molecular flexibility index (Phi) is 9.09. The Labute approximate surface area is 160 Å². The predicted octanol–water partition coefficient (Wildman–Crippen LogP) is 4.38. The monoisotopic (exact) mass is 380 g/mol. The number of rotatable bonds is 11. The van der Waals surface area contributed by atoms with Crippen molar-refractivity contribution in [2.24, 2.45) is 5.92 Å². The number of nitrogens with zero attached hydrogens (tertiary/aromatic N) is 2. The number of hydrogen-bond donors (Lipinski definition) is 0. The van der Waals surface area contributed by atoms with Gasteiger partial charge in [-0.3, -0.25) is 0 Å². The van der Waals surface area contributed by atoms with Gasteiger partial charge in [0.2, 0.25) is 10.0 Å². The third-order valence-corrected chi connectivity index (χ3v) is 7.32. The molecule has 1 aliphatic rings. The van der Waals surface area contributed by atoms with Crippen LogP contribution in [-0.2, 0) is 10.0 Å². The summed E-state index contributed by atoms with van der Waals surface area (Å²) in [6.07, 6.45) is 9.82. The second-order valence-corrected chi connectivity index (χ2v) is 9.70. The van der Waals surface area contributed by atoms with Crippen LogP contribution in [0.4, 0.5) is 0 Å². The van der Waals surface area contributed by atoms with E-state index in [1.54, 1.807) is 35.6 Å². The van der Waals surface area contributed by atoms with Crippen LogP contribution in [0.3, 0.4) is 0 Å². The van der Waals surface area contributed by atoms with E-state index < -0.39 is 10.0 Å². The lowest BCUT2D eigenvalue weighted by molar-refractivity contribution is 0.203. The van der Waals surface area contributed by atoms with Crippen LogP contribution >= 0.6 is 0 Å². The largest absolute Gasteiger partial charge is 0.303 e. The first-order valence-electron chi connectivity index (χ1n) is 10.3. The summed E-state index contributed by atoms with van der Waals surface area (Å²) in [5, 5.41) is 0. The topological polar surface area (TPSA) is 40.6 Å². The van der Waals surface area contributed by atoms with E-state index in [-0.39, 0.29) is 0 Å². The van der Waals surface area contributed by atoms with Crippen molar-refractivity contribution in [2.45, 2.75) is 63.2 Å². The highest BCUT2D eigenvalue weighted by Gasteiger charge is 2.24. The minimum absolute atomic E-state index is 0.394. The van der Waals surface area contributed by atoms with Crippen molar-refractivity contribution in [1.82, 2.24) is 9.21 Å². The van der Waals surface area contributed by atoms with Gasteiger partial charge in [-0.05, 0) is 63.4 Å². The summed E-state index contributed by atoms with van der Waals surface area (Å²) >= 11 is 0. The van der Waals surface area contributed by atoms with Gasteiger partial charge in [-0.1, -0.05) is 50.8 Å². The lowest BCUT2D eigenvalue weighted by Crippen LogP contribution is -2.35. The third-order valence-electron chi connectivity index (χ3n) is 5.48. The highest BCUT2D eigenvalue weighted by Crippen LogP contribution is 2.21. The standard InChI is InChI=1S/C21H36N2O2S/c1-3-4-7-12-20(15-18-23-16-10-6-11-17-23)19-22(2)26(24,25)21-13-8-5-9-14-21/h5,8-9,13-14,20H,3-4,6-7,10-12,15-19H2,1-2H3. The molecule has 0 aliphatic carbocycles. The Bertz CT molecular complexity index is 598. The number of hydrogen-bond acceptors (Lipinski definition) is 3. The number of likely N-dealkylation sites (tertiary alicyclic amines) is 1. The van der Waals surface area contributed by atoms with Gasteiger partial charge in [-0.2, -0.15) is 0 Å². The molecule has 0 radical (unpaired) electrons. The first-order chi connectivity index (χ1) is 12.5. The first-order valence-corrected chi connectivity index (χ1v) is 11.7. The number of unbranched alkanes of at least 4 members (excludes halogenated alkanes) is 2. The maximum Gasteiger partial charge on any atom is 0.242 e. The minimum atomic E-state index is -3.39. The summed E-state index contributed by atoms with van der Waals surface area (Å²) in [5.74, 6) is 0.437. The molecule has 1 atom stereocenters. The molecule has 0 saturated carbocycles. The maximum atomic E-state index is 12.8. The lowest BCUT2D eigenvalue weighted by atomic mass is 9.97. The molecule has 1 heterocycles. The zero-order chi connectivity index (χ0) is 18.8. The minimum Gasteiger partial charge on any atom is -0.303 e. The van der Waals surface area contributed by atoms with Crippen molar-refractivity contribution in [2.75, 3.05) is 33.2 Å². The Morgan fingerprint density at radius 3 is 2.38 bits per heavy atom. The van der Waals surface area contributed by atoms with Crippen molar-refractivity contribution in [3.63, 3.8) is 0 Å². The van der Waals surface area contributed by atoms with E-state index in [0.717, 1.165) is 19.4 Å². The van der Waals surface area contributed by atoms with Crippen LogP contribution < -0.4 is 0 Å². The molecule has 0 aromatic heterocycles. The first kappa shape index (κ1) is 21.4. The molecule has 0 spiro atoms. The Morgan fingerprint density at radius 2 is 1.73 bits per heavy atom. The fourth-order valence-electron chi connectivity index (χ4n) is 3.79. The van der Waals surface area contributed by atoms with Crippen molar-refractivity contribution in [3.8, 4) is 0 Å². The quantitative estimate of drug-likeness (QED) is 0.535. The van der Waals surface area contributed by atoms with Gasteiger partial charge < -0.3 is 4.90 Å². The molecule has 0 amide bonds.